The van der Waals surface area contributed by atoms with Crippen molar-refractivity contribution in [2.24, 2.45) is 0 Å². The first kappa shape index (κ1) is 19.1. The summed E-state index contributed by atoms with van der Waals surface area (Å²) in [5.41, 5.74) is 1.29. The highest BCUT2D eigenvalue weighted by molar-refractivity contribution is 5.85. The van der Waals surface area contributed by atoms with Gasteiger partial charge < -0.3 is 10.4 Å². The van der Waals surface area contributed by atoms with E-state index in [0.717, 1.165) is 5.56 Å². The minimum absolute atomic E-state index is 0.230. The van der Waals surface area contributed by atoms with E-state index in [2.05, 4.69) is 32.0 Å². The first-order chi connectivity index (χ1) is 9.15. The summed E-state index contributed by atoms with van der Waals surface area (Å²) in [7, 11) is 0. The fraction of sp³-hybridized carbons (Fsp3) is 0.312. The van der Waals surface area contributed by atoms with Gasteiger partial charge in [0.05, 0.1) is 0 Å². The number of nitrogens with one attached hydrogen (secondary N) is 1. The molecule has 1 aromatic carbocycles. The van der Waals surface area contributed by atoms with E-state index < -0.39 is 5.97 Å². The van der Waals surface area contributed by atoms with Crippen molar-refractivity contribution in [1.82, 2.24) is 5.32 Å². The number of aliphatic carboxylic acids is 1. The van der Waals surface area contributed by atoms with Crippen LogP contribution < -0.4 is 5.32 Å². The fourth-order valence-electron chi connectivity index (χ4n) is 1.09. The Labute approximate surface area is 116 Å². The van der Waals surface area contributed by atoms with E-state index in [-0.39, 0.29) is 5.70 Å². The van der Waals surface area contributed by atoms with E-state index in [0.29, 0.717) is 6.54 Å². The van der Waals surface area contributed by atoms with Crippen LogP contribution in [0.5, 0.6) is 0 Å². The van der Waals surface area contributed by atoms with Gasteiger partial charge in [0.2, 0.25) is 0 Å². The molecule has 0 aliphatic carbocycles. The van der Waals surface area contributed by atoms with Crippen LogP contribution in [0.3, 0.4) is 0 Å². The molecule has 0 heterocycles. The lowest BCUT2D eigenvalue weighted by molar-refractivity contribution is -0.133. The number of benzene rings is 1. The normalized spacial score (nSPS) is 9.21. The molecule has 0 saturated carbocycles. The van der Waals surface area contributed by atoms with Gasteiger partial charge >= 0.3 is 5.97 Å². The summed E-state index contributed by atoms with van der Waals surface area (Å²) >= 11 is 0. The van der Waals surface area contributed by atoms with Crippen LogP contribution in [0.2, 0.25) is 0 Å². The van der Waals surface area contributed by atoms with E-state index in [1.165, 1.54) is 6.42 Å². The first-order valence-corrected chi connectivity index (χ1v) is 6.16. The quantitative estimate of drug-likeness (QED) is 0.645. The van der Waals surface area contributed by atoms with Gasteiger partial charge in [-0.25, -0.2) is 4.79 Å². The Balaban J connectivity index is 0. The van der Waals surface area contributed by atoms with Crippen molar-refractivity contribution in [2.75, 3.05) is 0 Å². The molecule has 104 valence electrons. The molecule has 0 aromatic heterocycles. The largest absolute Gasteiger partial charge is 0.477 e. The van der Waals surface area contributed by atoms with Crippen LogP contribution >= 0.6 is 0 Å². The van der Waals surface area contributed by atoms with Gasteiger partial charge in [-0.3, -0.25) is 0 Å². The predicted octanol–water partition coefficient (Wildman–Crippen LogP) is 3.43. The van der Waals surface area contributed by atoms with Crippen LogP contribution in [0.15, 0.2) is 42.1 Å². The van der Waals surface area contributed by atoms with E-state index in [1.807, 2.05) is 30.3 Å². The predicted molar refractivity (Wildman–Crippen MR) is 80.5 cm³/mol. The maximum Gasteiger partial charge on any atom is 0.351 e. The van der Waals surface area contributed by atoms with Crippen molar-refractivity contribution in [1.29, 1.82) is 0 Å². The summed E-state index contributed by atoms with van der Waals surface area (Å²) in [6, 6.07) is 9.67. The van der Waals surface area contributed by atoms with Gasteiger partial charge in [0.15, 0.2) is 0 Å². The Morgan fingerprint density at radius 2 is 1.74 bits per heavy atom. The summed E-state index contributed by atoms with van der Waals surface area (Å²) in [4.78, 5) is 10.6. The standard InChI is InChI=1S/C11H13NO2.C3H8.C2H2/c1-2-10(11(13)14)12-8-9-6-4-3-5-7-9;1-3-2;1-2/h2-7,12H,8H2,1H3,(H,13,14);3H2,1-2H3;1-2H/b10-2-;;. The van der Waals surface area contributed by atoms with Gasteiger partial charge in [-0.2, -0.15) is 0 Å². The number of hydrogen-bond donors (Lipinski definition) is 2. The summed E-state index contributed by atoms with van der Waals surface area (Å²) in [6.07, 6.45) is 10.8. The van der Waals surface area contributed by atoms with Crippen molar-refractivity contribution < 1.29 is 9.90 Å². The van der Waals surface area contributed by atoms with Crippen LogP contribution in [0.25, 0.3) is 0 Å². The molecular formula is C16H23NO2. The number of carboxylic acids is 1. The molecule has 19 heavy (non-hydrogen) atoms. The van der Waals surface area contributed by atoms with Crippen molar-refractivity contribution in [3.63, 3.8) is 0 Å². The summed E-state index contributed by atoms with van der Waals surface area (Å²) in [5, 5.41) is 11.6. The zero-order chi connectivity index (χ0) is 15.1. The Morgan fingerprint density at radius 1 is 1.26 bits per heavy atom. The highest BCUT2D eigenvalue weighted by Crippen LogP contribution is 1.99. The minimum atomic E-state index is -0.927. The second-order valence-electron chi connectivity index (χ2n) is 3.55. The second-order valence-corrected chi connectivity index (χ2v) is 3.55. The monoisotopic (exact) mass is 261 g/mol. The fourth-order valence-corrected chi connectivity index (χ4v) is 1.09. The van der Waals surface area contributed by atoms with Crippen LogP contribution in [-0.2, 0) is 11.3 Å². The van der Waals surface area contributed by atoms with Gasteiger partial charge in [0, 0.05) is 6.54 Å². The van der Waals surface area contributed by atoms with Gasteiger partial charge in [0.1, 0.15) is 5.70 Å². The Bertz CT molecular complexity index is 380. The van der Waals surface area contributed by atoms with Gasteiger partial charge in [-0.05, 0) is 12.5 Å². The molecule has 0 radical (unpaired) electrons. The SMILES string of the molecule is C#C.C/C=C(\NCc1ccccc1)C(=O)O.CCC. The van der Waals surface area contributed by atoms with Gasteiger partial charge in [-0.1, -0.05) is 56.7 Å². The average Bonchev–Trinajstić information content (AvgIpc) is 2.43. The zero-order valence-corrected chi connectivity index (χ0v) is 11.9. The molecule has 0 fully saturated rings. The third-order valence-corrected chi connectivity index (χ3v) is 1.84. The van der Waals surface area contributed by atoms with E-state index in [1.54, 1.807) is 13.0 Å². The molecular weight excluding hydrogens is 238 g/mol. The molecule has 1 aromatic rings. The molecule has 0 bridgehead atoms. The number of carboxylic acid groups (broad SMARTS) is 1. The van der Waals surface area contributed by atoms with Crippen LogP contribution in [-0.4, -0.2) is 11.1 Å². The Hall–Kier alpha value is -2.21. The first-order valence-electron chi connectivity index (χ1n) is 6.16. The third-order valence-electron chi connectivity index (χ3n) is 1.84. The van der Waals surface area contributed by atoms with Crippen LogP contribution in [0, 0.1) is 12.8 Å². The van der Waals surface area contributed by atoms with Crippen molar-refractivity contribution in [2.45, 2.75) is 33.7 Å². The minimum Gasteiger partial charge on any atom is -0.477 e. The molecule has 3 heteroatoms. The van der Waals surface area contributed by atoms with Gasteiger partial charge in [0.25, 0.3) is 0 Å². The molecule has 0 unspecified atom stereocenters. The molecule has 2 N–H and O–H groups in total. The third kappa shape index (κ3) is 10.7. The molecule has 0 atom stereocenters. The number of allylic oxidation sites excluding steroid dienone is 1. The highest BCUT2D eigenvalue weighted by atomic mass is 16.4. The lowest BCUT2D eigenvalue weighted by Gasteiger charge is -2.05. The van der Waals surface area contributed by atoms with Crippen molar-refractivity contribution >= 4 is 5.97 Å². The topological polar surface area (TPSA) is 49.3 Å². The van der Waals surface area contributed by atoms with Crippen LogP contribution in [0.4, 0.5) is 0 Å². The van der Waals surface area contributed by atoms with Crippen molar-refractivity contribution in [3.8, 4) is 12.8 Å². The molecule has 0 spiro atoms. The average molecular weight is 261 g/mol. The van der Waals surface area contributed by atoms with E-state index in [9.17, 15) is 4.79 Å². The van der Waals surface area contributed by atoms with E-state index >= 15 is 0 Å². The molecule has 0 amide bonds. The summed E-state index contributed by atoms with van der Waals surface area (Å²) in [5.74, 6) is -0.927. The second kappa shape index (κ2) is 13.9. The number of rotatable bonds is 4. The molecule has 0 saturated heterocycles. The lowest BCUT2D eigenvalue weighted by atomic mass is 10.2. The van der Waals surface area contributed by atoms with Crippen LogP contribution in [0.1, 0.15) is 32.8 Å². The molecule has 0 aliphatic rings. The lowest BCUT2D eigenvalue weighted by Crippen LogP contribution is -2.19. The maximum atomic E-state index is 10.6. The molecule has 0 aliphatic heterocycles. The van der Waals surface area contributed by atoms with Crippen molar-refractivity contribution in [3.05, 3.63) is 47.7 Å². The number of carbonyl (C=O) groups is 1. The number of terminal acetylenes is 1. The Kier molecular flexibility index (Phi) is 14.0. The zero-order valence-electron chi connectivity index (χ0n) is 11.9. The Morgan fingerprint density at radius 3 is 2.11 bits per heavy atom. The summed E-state index contributed by atoms with van der Waals surface area (Å²) in [6.45, 7) is 6.48. The smallest absolute Gasteiger partial charge is 0.351 e. The van der Waals surface area contributed by atoms with Gasteiger partial charge in [-0.15, -0.1) is 12.8 Å². The maximum absolute atomic E-state index is 10.6. The molecule has 1 rings (SSSR count). The highest BCUT2D eigenvalue weighted by Gasteiger charge is 2.03. The molecule has 3 nitrogen and oxygen atoms in total. The summed E-state index contributed by atoms with van der Waals surface area (Å²) < 4.78 is 0. The number of hydrogen-bond acceptors (Lipinski definition) is 2. The van der Waals surface area contributed by atoms with E-state index in [4.69, 9.17) is 5.11 Å².